The van der Waals surface area contributed by atoms with Gasteiger partial charge in [0.25, 0.3) is 0 Å². The van der Waals surface area contributed by atoms with Crippen molar-refractivity contribution in [2.24, 2.45) is 7.05 Å². The maximum Gasteiger partial charge on any atom is 0.128 e. The van der Waals surface area contributed by atoms with Crippen LogP contribution in [0, 0.1) is 0 Å². The summed E-state index contributed by atoms with van der Waals surface area (Å²) in [6.45, 7) is 2.03. The molecule has 18 heavy (non-hydrogen) atoms. The van der Waals surface area contributed by atoms with Gasteiger partial charge in [-0.3, -0.25) is 4.90 Å². The third-order valence-electron chi connectivity index (χ3n) is 3.61. The number of imidazole rings is 1. The standard InChI is InChI=1S/C13H16ClN3S/c1-16-12(14)8-15-13(16)9-17-6-2-4-10(17)11-5-3-7-18-11/h3,5,7-8,10H,2,4,6,9H2,1H3. The van der Waals surface area contributed by atoms with E-state index >= 15 is 0 Å². The fourth-order valence-corrected chi connectivity index (χ4v) is 3.61. The number of hydrogen-bond acceptors (Lipinski definition) is 3. The van der Waals surface area contributed by atoms with Crippen LogP contribution >= 0.6 is 22.9 Å². The Morgan fingerprint density at radius 1 is 1.56 bits per heavy atom. The fourth-order valence-electron chi connectivity index (χ4n) is 2.57. The summed E-state index contributed by atoms with van der Waals surface area (Å²) in [5, 5.41) is 2.86. The van der Waals surface area contributed by atoms with Crippen LogP contribution in [0.3, 0.4) is 0 Å². The molecule has 3 nitrogen and oxygen atoms in total. The van der Waals surface area contributed by atoms with Gasteiger partial charge in [-0.1, -0.05) is 17.7 Å². The molecule has 2 aromatic rings. The first-order chi connectivity index (χ1) is 8.75. The molecule has 1 saturated heterocycles. The van der Waals surface area contributed by atoms with Gasteiger partial charge in [0.05, 0.1) is 12.7 Å². The molecular formula is C13H16ClN3S. The zero-order chi connectivity index (χ0) is 12.5. The summed E-state index contributed by atoms with van der Waals surface area (Å²) in [6, 6.07) is 4.92. The van der Waals surface area contributed by atoms with Crippen LogP contribution in [0.4, 0.5) is 0 Å². The molecule has 0 radical (unpaired) electrons. The first-order valence-electron chi connectivity index (χ1n) is 6.19. The Bertz CT molecular complexity index is 520. The van der Waals surface area contributed by atoms with Crippen molar-refractivity contribution in [3.63, 3.8) is 0 Å². The Hall–Kier alpha value is -0.840. The van der Waals surface area contributed by atoms with Crippen LogP contribution in [0.2, 0.25) is 5.15 Å². The molecule has 0 spiro atoms. The summed E-state index contributed by atoms with van der Waals surface area (Å²) in [5.74, 6) is 1.04. The number of rotatable bonds is 3. The predicted octanol–water partition coefficient (Wildman–Crippen LogP) is 3.47. The predicted molar refractivity (Wildman–Crippen MR) is 74.9 cm³/mol. The summed E-state index contributed by atoms with van der Waals surface area (Å²) in [6.07, 6.45) is 4.24. The Labute approximate surface area is 116 Å². The molecule has 0 amide bonds. The van der Waals surface area contributed by atoms with Gasteiger partial charge < -0.3 is 4.57 Å². The van der Waals surface area contributed by atoms with Crippen molar-refractivity contribution in [3.05, 3.63) is 39.6 Å². The minimum Gasteiger partial charge on any atom is -0.321 e. The maximum absolute atomic E-state index is 6.03. The lowest BCUT2D eigenvalue weighted by molar-refractivity contribution is 0.243. The molecule has 3 heterocycles. The quantitative estimate of drug-likeness (QED) is 0.859. The molecule has 2 aromatic heterocycles. The van der Waals surface area contributed by atoms with E-state index in [0.29, 0.717) is 11.2 Å². The molecule has 96 valence electrons. The summed E-state index contributed by atoms with van der Waals surface area (Å²) >= 11 is 7.88. The van der Waals surface area contributed by atoms with Gasteiger partial charge in [0.1, 0.15) is 11.0 Å². The summed E-state index contributed by atoms with van der Waals surface area (Å²) in [5.41, 5.74) is 0. The van der Waals surface area contributed by atoms with Crippen LogP contribution in [0.5, 0.6) is 0 Å². The van der Waals surface area contributed by atoms with Gasteiger partial charge in [-0.2, -0.15) is 0 Å². The van der Waals surface area contributed by atoms with E-state index in [0.717, 1.165) is 18.9 Å². The van der Waals surface area contributed by atoms with E-state index in [1.165, 1.54) is 17.7 Å². The second-order valence-corrected chi connectivity index (χ2v) is 6.07. The number of thiophene rings is 1. The average molecular weight is 282 g/mol. The molecule has 1 atom stereocenters. The number of halogens is 1. The van der Waals surface area contributed by atoms with Crippen LogP contribution < -0.4 is 0 Å². The molecule has 0 aromatic carbocycles. The molecule has 1 aliphatic heterocycles. The fraction of sp³-hybridized carbons (Fsp3) is 0.462. The van der Waals surface area contributed by atoms with Crippen molar-refractivity contribution in [1.29, 1.82) is 0 Å². The highest BCUT2D eigenvalue weighted by molar-refractivity contribution is 7.10. The van der Waals surface area contributed by atoms with Crippen LogP contribution in [0.25, 0.3) is 0 Å². The maximum atomic E-state index is 6.03. The third-order valence-corrected chi connectivity index (χ3v) is 4.93. The van der Waals surface area contributed by atoms with Gasteiger partial charge in [-0.15, -0.1) is 11.3 Å². The molecule has 0 saturated carbocycles. The number of hydrogen-bond donors (Lipinski definition) is 0. The smallest absolute Gasteiger partial charge is 0.128 e. The van der Waals surface area contributed by atoms with Crippen molar-refractivity contribution in [1.82, 2.24) is 14.5 Å². The second kappa shape index (κ2) is 5.03. The van der Waals surface area contributed by atoms with E-state index in [-0.39, 0.29) is 0 Å². The zero-order valence-corrected chi connectivity index (χ0v) is 11.9. The first kappa shape index (κ1) is 12.2. The van der Waals surface area contributed by atoms with E-state index in [4.69, 9.17) is 11.6 Å². The van der Waals surface area contributed by atoms with Gasteiger partial charge in [0, 0.05) is 18.0 Å². The Kier molecular flexibility index (Phi) is 3.41. The highest BCUT2D eigenvalue weighted by Gasteiger charge is 2.27. The van der Waals surface area contributed by atoms with Gasteiger partial charge in [-0.05, 0) is 30.8 Å². The average Bonchev–Trinajstić information content (AvgIpc) is 3.06. The van der Waals surface area contributed by atoms with Crippen molar-refractivity contribution >= 4 is 22.9 Å². The molecule has 0 aliphatic carbocycles. The minimum absolute atomic E-state index is 0.556. The lowest BCUT2D eigenvalue weighted by Crippen LogP contribution is -2.23. The van der Waals surface area contributed by atoms with Crippen LogP contribution in [-0.4, -0.2) is 21.0 Å². The van der Waals surface area contributed by atoms with Crippen molar-refractivity contribution in [2.75, 3.05) is 6.54 Å². The lowest BCUT2D eigenvalue weighted by Gasteiger charge is -2.23. The van der Waals surface area contributed by atoms with Gasteiger partial charge in [0.2, 0.25) is 0 Å². The number of aromatic nitrogens is 2. The van der Waals surface area contributed by atoms with E-state index in [2.05, 4.69) is 27.4 Å². The minimum atomic E-state index is 0.556. The molecule has 1 fully saturated rings. The van der Waals surface area contributed by atoms with E-state index in [9.17, 15) is 0 Å². The van der Waals surface area contributed by atoms with Gasteiger partial charge >= 0.3 is 0 Å². The largest absolute Gasteiger partial charge is 0.321 e. The van der Waals surface area contributed by atoms with Crippen molar-refractivity contribution < 1.29 is 0 Å². The van der Waals surface area contributed by atoms with Crippen LogP contribution in [0.1, 0.15) is 29.6 Å². The third kappa shape index (κ3) is 2.20. The van der Waals surface area contributed by atoms with Crippen molar-refractivity contribution in [2.45, 2.75) is 25.4 Å². The molecular weight excluding hydrogens is 266 g/mol. The molecule has 5 heteroatoms. The summed E-state index contributed by atoms with van der Waals surface area (Å²) < 4.78 is 1.96. The number of nitrogens with zero attached hydrogens (tertiary/aromatic N) is 3. The Morgan fingerprint density at radius 2 is 2.44 bits per heavy atom. The highest BCUT2D eigenvalue weighted by atomic mass is 35.5. The molecule has 1 aliphatic rings. The lowest BCUT2D eigenvalue weighted by atomic mass is 10.2. The Balaban J connectivity index is 1.78. The van der Waals surface area contributed by atoms with Gasteiger partial charge in [-0.25, -0.2) is 4.98 Å². The first-order valence-corrected chi connectivity index (χ1v) is 7.45. The topological polar surface area (TPSA) is 21.1 Å². The van der Waals surface area contributed by atoms with Crippen molar-refractivity contribution in [3.8, 4) is 0 Å². The SMILES string of the molecule is Cn1c(Cl)cnc1CN1CCCC1c1cccs1. The normalized spacial score (nSPS) is 20.7. The molecule has 3 rings (SSSR count). The molecule has 1 unspecified atom stereocenters. The number of likely N-dealkylation sites (tertiary alicyclic amines) is 1. The monoisotopic (exact) mass is 281 g/mol. The van der Waals surface area contributed by atoms with Gasteiger partial charge in [0.15, 0.2) is 0 Å². The van der Waals surface area contributed by atoms with E-state index in [1.807, 2.05) is 23.0 Å². The van der Waals surface area contributed by atoms with Crippen LogP contribution in [0.15, 0.2) is 23.7 Å². The summed E-state index contributed by atoms with van der Waals surface area (Å²) in [4.78, 5) is 8.36. The van der Waals surface area contributed by atoms with E-state index < -0.39 is 0 Å². The highest BCUT2D eigenvalue weighted by Crippen LogP contribution is 2.35. The second-order valence-electron chi connectivity index (χ2n) is 4.70. The van der Waals surface area contributed by atoms with E-state index in [1.54, 1.807) is 6.20 Å². The molecule has 0 N–H and O–H groups in total. The summed E-state index contributed by atoms with van der Waals surface area (Å²) in [7, 11) is 1.97. The Morgan fingerprint density at radius 3 is 3.11 bits per heavy atom. The van der Waals surface area contributed by atoms with Crippen LogP contribution in [-0.2, 0) is 13.6 Å². The molecule has 0 bridgehead atoms. The zero-order valence-electron chi connectivity index (χ0n) is 10.3.